The lowest BCUT2D eigenvalue weighted by atomic mass is 9.99. The van der Waals surface area contributed by atoms with E-state index < -0.39 is 0 Å². The Hall–Kier alpha value is -0.530. The van der Waals surface area contributed by atoms with E-state index in [0.29, 0.717) is 0 Å². The van der Waals surface area contributed by atoms with Crippen molar-refractivity contribution in [2.75, 3.05) is 5.88 Å². The second kappa shape index (κ2) is 5.41. The number of hydrogen-bond acceptors (Lipinski definition) is 1. The second-order valence-corrected chi connectivity index (χ2v) is 5.66. The van der Waals surface area contributed by atoms with Crippen LogP contribution in [0.15, 0.2) is 18.2 Å². The second-order valence-electron chi connectivity index (χ2n) is 5.39. The third-order valence-corrected chi connectivity index (χ3v) is 4.57. The molecule has 1 fully saturated rings. The van der Waals surface area contributed by atoms with Gasteiger partial charge in [0, 0.05) is 18.0 Å². The molecule has 1 saturated carbocycles. The molecule has 0 heterocycles. The molecule has 0 spiro atoms. The van der Waals surface area contributed by atoms with Crippen molar-refractivity contribution >= 4 is 11.6 Å². The first-order valence-corrected chi connectivity index (χ1v) is 7.06. The highest BCUT2D eigenvalue weighted by molar-refractivity contribution is 6.18. The third-order valence-electron chi connectivity index (χ3n) is 4.06. The van der Waals surface area contributed by atoms with E-state index in [-0.39, 0.29) is 5.54 Å². The van der Waals surface area contributed by atoms with E-state index in [9.17, 15) is 0 Å². The van der Waals surface area contributed by atoms with E-state index in [2.05, 4.69) is 37.4 Å². The van der Waals surface area contributed by atoms with Crippen LogP contribution in [-0.4, -0.2) is 11.4 Å². The summed E-state index contributed by atoms with van der Waals surface area (Å²) in [6, 6.07) is 6.69. The van der Waals surface area contributed by atoms with Crippen molar-refractivity contribution < 1.29 is 0 Å². The van der Waals surface area contributed by atoms with Crippen LogP contribution in [0.1, 0.15) is 42.4 Å². The molecule has 0 atom stereocenters. The summed E-state index contributed by atoms with van der Waals surface area (Å²) in [7, 11) is 0. The largest absolute Gasteiger partial charge is 0.306 e. The zero-order valence-corrected chi connectivity index (χ0v) is 11.6. The van der Waals surface area contributed by atoms with Crippen molar-refractivity contribution in [1.29, 1.82) is 0 Å². The molecule has 1 nitrogen and oxygen atoms in total. The molecule has 1 aromatic carbocycles. The molecule has 0 saturated heterocycles. The van der Waals surface area contributed by atoms with E-state index in [1.54, 1.807) is 0 Å². The van der Waals surface area contributed by atoms with Crippen molar-refractivity contribution in [2.24, 2.45) is 0 Å². The van der Waals surface area contributed by atoms with Gasteiger partial charge in [0.15, 0.2) is 0 Å². The van der Waals surface area contributed by atoms with E-state index >= 15 is 0 Å². The first-order chi connectivity index (χ1) is 8.15. The fraction of sp³-hybridized carbons (Fsp3) is 0.600. The normalized spacial score (nSPS) is 18.5. The third kappa shape index (κ3) is 3.02. The number of rotatable bonds is 4. The van der Waals surface area contributed by atoms with Crippen LogP contribution in [-0.2, 0) is 6.54 Å². The van der Waals surface area contributed by atoms with Gasteiger partial charge in [-0.1, -0.05) is 31.0 Å². The molecule has 1 N–H and O–H groups in total. The topological polar surface area (TPSA) is 12.0 Å². The van der Waals surface area contributed by atoms with Gasteiger partial charge in [0.1, 0.15) is 0 Å². The Kier molecular flexibility index (Phi) is 4.11. The van der Waals surface area contributed by atoms with E-state index in [1.807, 2.05) is 0 Å². The highest BCUT2D eigenvalue weighted by atomic mass is 35.5. The SMILES string of the molecule is Cc1ccc(CNC2(CCl)CCCC2)cc1C. The number of nitrogens with one attached hydrogen (secondary N) is 1. The minimum atomic E-state index is 0.195. The first-order valence-electron chi connectivity index (χ1n) is 6.52. The van der Waals surface area contributed by atoms with Crippen LogP contribution < -0.4 is 5.32 Å². The summed E-state index contributed by atoms with van der Waals surface area (Å²) in [5, 5.41) is 3.68. The summed E-state index contributed by atoms with van der Waals surface area (Å²) >= 11 is 6.12. The number of alkyl halides is 1. The first kappa shape index (κ1) is 12.9. The van der Waals surface area contributed by atoms with E-state index in [1.165, 1.54) is 42.4 Å². The summed E-state index contributed by atoms with van der Waals surface area (Å²) in [6.45, 7) is 5.27. The average molecular weight is 252 g/mol. The maximum atomic E-state index is 6.12. The fourth-order valence-corrected chi connectivity index (χ4v) is 2.97. The van der Waals surface area contributed by atoms with Gasteiger partial charge in [-0.25, -0.2) is 0 Å². The fourth-order valence-electron chi connectivity index (χ4n) is 2.61. The van der Waals surface area contributed by atoms with Crippen LogP contribution in [0.25, 0.3) is 0 Å². The van der Waals surface area contributed by atoms with E-state index in [4.69, 9.17) is 11.6 Å². The summed E-state index contributed by atoms with van der Waals surface area (Å²) in [4.78, 5) is 0. The van der Waals surface area contributed by atoms with Crippen LogP contribution in [0.4, 0.5) is 0 Å². The molecule has 0 amide bonds. The Morgan fingerprint density at radius 3 is 2.47 bits per heavy atom. The Morgan fingerprint density at radius 2 is 1.88 bits per heavy atom. The average Bonchev–Trinajstić information content (AvgIpc) is 2.80. The maximum Gasteiger partial charge on any atom is 0.0406 e. The minimum Gasteiger partial charge on any atom is -0.306 e. The van der Waals surface area contributed by atoms with Crippen molar-refractivity contribution in [2.45, 2.75) is 51.6 Å². The van der Waals surface area contributed by atoms with Gasteiger partial charge in [-0.15, -0.1) is 11.6 Å². The summed E-state index contributed by atoms with van der Waals surface area (Å²) in [6.07, 6.45) is 5.07. The van der Waals surface area contributed by atoms with Gasteiger partial charge in [0.05, 0.1) is 0 Å². The van der Waals surface area contributed by atoms with Crippen molar-refractivity contribution in [3.8, 4) is 0 Å². The monoisotopic (exact) mass is 251 g/mol. The standard InChI is InChI=1S/C15H22ClN/c1-12-5-6-14(9-13(12)2)10-17-15(11-16)7-3-4-8-15/h5-6,9,17H,3-4,7-8,10-11H2,1-2H3. The van der Waals surface area contributed by atoms with Crippen LogP contribution in [0.5, 0.6) is 0 Å². The number of halogens is 1. The molecule has 0 aliphatic heterocycles. The molecule has 17 heavy (non-hydrogen) atoms. The molecule has 1 aliphatic rings. The highest BCUT2D eigenvalue weighted by Crippen LogP contribution is 2.31. The molecule has 0 unspecified atom stereocenters. The van der Waals surface area contributed by atoms with Gasteiger partial charge < -0.3 is 5.32 Å². The Morgan fingerprint density at radius 1 is 1.18 bits per heavy atom. The van der Waals surface area contributed by atoms with Crippen LogP contribution in [0, 0.1) is 13.8 Å². The zero-order chi connectivity index (χ0) is 12.3. The lowest BCUT2D eigenvalue weighted by molar-refractivity contribution is 0.368. The molecule has 2 rings (SSSR count). The smallest absolute Gasteiger partial charge is 0.0406 e. The molecule has 1 aromatic rings. The molecule has 0 aromatic heterocycles. The molecule has 94 valence electrons. The Labute approximate surface area is 110 Å². The van der Waals surface area contributed by atoms with Crippen LogP contribution in [0.3, 0.4) is 0 Å². The highest BCUT2D eigenvalue weighted by Gasteiger charge is 2.32. The predicted octanol–water partition coefficient (Wildman–Crippen LogP) is 3.94. The number of hydrogen-bond donors (Lipinski definition) is 1. The van der Waals surface area contributed by atoms with Crippen molar-refractivity contribution in [1.82, 2.24) is 5.32 Å². The van der Waals surface area contributed by atoms with E-state index in [0.717, 1.165) is 12.4 Å². The van der Waals surface area contributed by atoms with Gasteiger partial charge in [0.25, 0.3) is 0 Å². The minimum absolute atomic E-state index is 0.195. The maximum absolute atomic E-state index is 6.12. The summed E-state index contributed by atoms with van der Waals surface area (Å²) in [5.41, 5.74) is 4.29. The predicted molar refractivity (Wildman–Crippen MR) is 74.7 cm³/mol. The number of benzene rings is 1. The molecule has 1 aliphatic carbocycles. The molecule has 0 bridgehead atoms. The summed E-state index contributed by atoms with van der Waals surface area (Å²) < 4.78 is 0. The van der Waals surface area contributed by atoms with Gasteiger partial charge in [-0.05, 0) is 43.4 Å². The lowest BCUT2D eigenvalue weighted by Crippen LogP contribution is -2.43. The molecule has 2 heteroatoms. The summed E-state index contributed by atoms with van der Waals surface area (Å²) in [5.74, 6) is 0.734. The quantitative estimate of drug-likeness (QED) is 0.800. The van der Waals surface area contributed by atoms with Crippen molar-refractivity contribution in [3.05, 3.63) is 34.9 Å². The molecular formula is C15H22ClN. The molecule has 0 radical (unpaired) electrons. The lowest BCUT2D eigenvalue weighted by Gasteiger charge is -2.28. The molecular weight excluding hydrogens is 230 g/mol. The van der Waals surface area contributed by atoms with Gasteiger partial charge in [0.2, 0.25) is 0 Å². The zero-order valence-electron chi connectivity index (χ0n) is 10.9. The van der Waals surface area contributed by atoms with Gasteiger partial charge in [-0.2, -0.15) is 0 Å². The Balaban J connectivity index is 1.99. The van der Waals surface area contributed by atoms with Crippen LogP contribution >= 0.6 is 11.6 Å². The van der Waals surface area contributed by atoms with Gasteiger partial charge in [-0.3, -0.25) is 0 Å². The number of aryl methyl sites for hydroxylation is 2. The van der Waals surface area contributed by atoms with Crippen molar-refractivity contribution in [3.63, 3.8) is 0 Å². The Bertz CT molecular complexity index is 381. The van der Waals surface area contributed by atoms with Gasteiger partial charge >= 0.3 is 0 Å². The van der Waals surface area contributed by atoms with Crippen LogP contribution in [0.2, 0.25) is 0 Å².